The van der Waals surface area contributed by atoms with E-state index < -0.39 is 0 Å². The van der Waals surface area contributed by atoms with Gasteiger partial charge in [0.25, 0.3) is 0 Å². The SMILES string of the molecule is CCN(CCO)c1nc(N2CCOCC2)c2cnn(C)c2n1. The molecule has 0 radical (unpaired) electrons. The molecule has 3 heterocycles. The molecule has 0 aliphatic carbocycles. The minimum Gasteiger partial charge on any atom is -0.395 e. The number of hydrogen-bond donors (Lipinski definition) is 1. The molecule has 120 valence electrons. The summed E-state index contributed by atoms with van der Waals surface area (Å²) in [6, 6.07) is 0. The summed E-state index contributed by atoms with van der Waals surface area (Å²) in [5, 5.41) is 14.5. The van der Waals surface area contributed by atoms with E-state index >= 15 is 0 Å². The Balaban J connectivity index is 2.08. The summed E-state index contributed by atoms with van der Waals surface area (Å²) in [7, 11) is 1.88. The summed E-state index contributed by atoms with van der Waals surface area (Å²) in [4.78, 5) is 13.6. The van der Waals surface area contributed by atoms with Gasteiger partial charge in [-0.2, -0.15) is 15.1 Å². The summed E-state index contributed by atoms with van der Waals surface area (Å²) in [5.41, 5.74) is 0.808. The number of aryl methyl sites for hydroxylation is 1. The summed E-state index contributed by atoms with van der Waals surface area (Å²) in [6.45, 7) is 6.40. The van der Waals surface area contributed by atoms with Crippen molar-refractivity contribution in [2.45, 2.75) is 6.92 Å². The first-order chi connectivity index (χ1) is 10.7. The molecule has 2 aromatic rings. The molecule has 0 bridgehead atoms. The van der Waals surface area contributed by atoms with Crippen LogP contribution in [0.15, 0.2) is 6.20 Å². The second-order valence-corrected chi connectivity index (χ2v) is 5.26. The lowest BCUT2D eigenvalue weighted by Gasteiger charge is -2.29. The molecule has 1 aliphatic rings. The topological polar surface area (TPSA) is 79.5 Å². The summed E-state index contributed by atoms with van der Waals surface area (Å²) >= 11 is 0. The predicted molar refractivity (Wildman–Crippen MR) is 84.3 cm³/mol. The van der Waals surface area contributed by atoms with E-state index in [1.807, 2.05) is 25.1 Å². The second-order valence-electron chi connectivity index (χ2n) is 5.26. The van der Waals surface area contributed by atoms with Crippen LogP contribution in [0, 0.1) is 0 Å². The molecule has 1 aliphatic heterocycles. The lowest BCUT2D eigenvalue weighted by atomic mass is 10.3. The number of aliphatic hydroxyl groups excluding tert-OH is 1. The highest BCUT2D eigenvalue weighted by Crippen LogP contribution is 2.26. The van der Waals surface area contributed by atoms with Gasteiger partial charge in [0.2, 0.25) is 5.95 Å². The highest BCUT2D eigenvalue weighted by molar-refractivity contribution is 5.88. The molecule has 1 fully saturated rings. The maximum absolute atomic E-state index is 9.23. The van der Waals surface area contributed by atoms with Gasteiger partial charge in [0, 0.05) is 33.2 Å². The third kappa shape index (κ3) is 2.71. The summed E-state index contributed by atoms with van der Waals surface area (Å²) in [5.74, 6) is 1.53. The Morgan fingerprint density at radius 2 is 2.09 bits per heavy atom. The number of anilines is 2. The fourth-order valence-corrected chi connectivity index (χ4v) is 2.67. The normalized spacial score (nSPS) is 15.5. The van der Waals surface area contributed by atoms with Crippen LogP contribution in [0.2, 0.25) is 0 Å². The zero-order valence-corrected chi connectivity index (χ0v) is 13.1. The monoisotopic (exact) mass is 306 g/mol. The number of rotatable bonds is 5. The average Bonchev–Trinajstić information content (AvgIpc) is 2.94. The molecular weight excluding hydrogens is 284 g/mol. The van der Waals surface area contributed by atoms with Crippen molar-refractivity contribution in [2.75, 3.05) is 55.8 Å². The lowest BCUT2D eigenvalue weighted by Crippen LogP contribution is -2.37. The number of aliphatic hydroxyl groups is 1. The smallest absolute Gasteiger partial charge is 0.229 e. The maximum atomic E-state index is 9.23. The Labute approximate surface area is 129 Å². The van der Waals surface area contributed by atoms with Gasteiger partial charge >= 0.3 is 0 Å². The van der Waals surface area contributed by atoms with Gasteiger partial charge in [-0.15, -0.1) is 0 Å². The number of aromatic nitrogens is 4. The maximum Gasteiger partial charge on any atom is 0.229 e. The largest absolute Gasteiger partial charge is 0.395 e. The number of nitrogens with zero attached hydrogens (tertiary/aromatic N) is 6. The van der Waals surface area contributed by atoms with Crippen molar-refractivity contribution >= 4 is 22.8 Å². The van der Waals surface area contributed by atoms with E-state index in [9.17, 15) is 5.11 Å². The number of likely N-dealkylation sites (N-methyl/N-ethyl adjacent to an activating group) is 1. The molecular formula is C14H22N6O2. The Kier molecular flexibility index (Phi) is 4.39. The fraction of sp³-hybridized carbons (Fsp3) is 0.643. The first-order valence-corrected chi connectivity index (χ1v) is 7.62. The van der Waals surface area contributed by atoms with E-state index in [1.54, 1.807) is 4.68 Å². The minimum absolute atomic E-state index is 0.0769. The number of morpholine rings is 1. The average molecular weight is 306 g/mol. The van der Waals surface area contributed by atoms with Crippen molar-refractivity contribution in [1.82, 2.24) is 19.7 Å². The molecule has 22 heavy (non-hydrogen) atoms. The van der Waals surface area contributed by atoms with E-state index in [2.05, 4.69) is 15.0 Å². The molecule has 8 nitrogen and oxygen atoms in total. The van der Waals surface area contributed by atoms with Crippen LogP contribution in [0.1, 0.15) is 6.92 Å². The molecule has 1 saturated heterocycles. The van der Waals surface area contributed by atoms with E-state index in [1.165, 1.54) is 0 Å². The van der Waals surface area contributed by atoms with Gasteiger partial charge in [-0.1, -0.05) is 0 Å². The molecule has 1 N–H and O–H groups in total. The number of fused-ring (bicyclic) bond motifs is 1. The molecule has 8 heteroatoms. The van der Waals surface area contributed by atoms with Gasteiger partial charge in [-0.05, 0) is 6.92 Å². The summed E-state index contributed by atoms with van der Waals surface area (Å²) < 4.78 is 7.19. The van der Waals surface area contributed by atoms with Crippen LogP contribution in [0.4, 0.5) is 11.8 Å². The van der Waals surface area contributed by atoms with Gasteiger partial charge in [0.05, 0.1) is 31.4 Å². The van der Waals surface area contributed by atoms with Crippen LogP contribution in [0.3, 0.4) is 0 Å². The highest BCUT2D eigenvalue weighted by Gasteiger charge is 2.20. The first-order valence-electron chi connectivity index (χ1n) is 7.62. The van der Waals surface area contributed by atoms with Gasteiger partial charge in [-0.3, -0.25) is 4.68 Å². The number of hydrogen-bond acceptors (Lipinski definition) is 7. The van der Waals surface area contributed by atoms with Gasteiger partial charge in [-0.25, -0.2) is 0 Å². The fourth-order valence-electron chi connectivity index (χ4n) is 2.67. The highest BCUT2D eigenvalue weighted by atomic mass is 16.5. The number of ether oxygens (including phenoxy) is 1. The molecule has 0 atom stereocenters. The van der Waals surface area contributed by atoms with Crippen LogP contribution >= 0.6 is 0 Å². The molecule has 0 aromatic carbocycles. The van der Waals surface area contributed by atoms with Crippen LogP contribution in [-0.4, -0.2) is 70.9 Å². The predicted octanol–water partition coefficient (Wildman–Crippen LogP) is 0.0185. The quantitative estimate of drug-likeness (QED) is 0.834. The summed E-state index contributed by atoms with van der Waals surface area (Å²) in [6.07, 6.45) is 1.81. The van der Waals surface area contributed by atoms with Crippen molar-refractivity contribution < 1.29 is 9.84 Å². The lowest BCUT2D eigenvalue weighted by molar-refractivity contribution is 0.122. The zero-order chi connectivity index (χ0) is 15.5. The molecule has 0 unspecified atom stereocenters. The van der Waals surface area contributed by atoms with Crippen molar-refractivity contribution in [3.8, 4) is 0 Å². The third-order valence-corrected chi connectivity index (χ3v) is 3.91. The third-order valence-electron chi connectivity index (χ3n) is 3.91. The van der Waals surface area contributed by atoms with Crippen molar-refractivity contribution in [1.29, 1.82) is 0 Å². The standard InChI is InChI=1S/C14H22N6O2/c1-3-19(4-7-21)14-16-12-11(10-15-18(12)2)13(17-14)20-5-8-22-9-6-20/h10,21H,3-9H2,1-2H3. The van der Waals surface area contributed by atoms with Crippen LogP contribution < -0.4 is 9.80 Å². The van der Waals surface area contributed by atoms with E-state index in [4.69, 9.17) is 9.72 Å². The first kappa shape index (κ1) is 15.0. The molecule has 2 aromatic heterocycles. The van der Waals surface area contributed by atoms with E-state index in [0.29, 0.717) is 25.7 Å². The van der Waals surface area contributed by atoms with Crippen molar-refractivity contribution in [2.24, 2.45) is 7.05 Å². The van der Waals surface area contributed by atoms with Gasteiger partial charge in [0.1, 0.15) is 5.82 Å². The van der Waals surface area contributed by atoms with E-state index in [0.717, 1.165) is 36.5 Å². The van der Waals surface area contributed by atoms with E-state index in [-0.39, 0.29) is 6.61 Å². The Hall–Kier alpha value is -1.93. The van der Waals surface area contributed by atoms with Crippen molar-refractivity contribution in [3.05, 3.63) is 6.20 Å². The van der Waals surface area contributed by atoms with Gasteiger partial charge < -0.3 is 19.6 Å². The van der Waals surface area contributed by atoms with Crippen LogP contribution in [-0.2, 0) is 11.8 Å². The molecule has 0 amide bonds. The van der Waals surface area contributed by atoms with Gasteiger partial charge in [0.15, 0.2) is 5.65 Å². The molecule has 0 saturated carbocycles. The molecule has 0 spiro atoms. The second kappa shape index (κ2) is 6.45. The molecule has 3 rings (SSSR count). The Bertz CT molecular complexity index is 638. The van der Waals surface area contributed by atoms with Crippen LogP contribution in [0.25, 0.3) is 11.0 Å². The Morgan fingerprint density at radius 1 is 1.32 bits per heavy atom. The zero-order valence-electron chi connectivity index (χ0n) is 13.1. The Morgan fingerprint density at radius 3 is 2.77 bits per heavy atom. The van der Waals surface area contributed by atoms with Crippen molar-refractivity contribution in [3.63, 3.8) is 0 Å². The van der Waals surface area contributed by atoms with Crippen LogP contribution in [0.5, 0.6) is 0 Å². The minimum atomic E-state index is 0.0769.